The molecule has 0 unspecified atom stereocenters. The lowest BCUT2D eigenvalue weighted by molar-refractivity contribution is 0.386. The Labute approximate surface area is 146 Å². The molecule has 0 spiro atoms. The molecule has 3 N–H and O–H groups in total. The molecule has 0 saturated heterocycles. The molecule has 0 aliphatic rings. The van der Waals surface area contributed by atoms with Gasteiger partial charge < -0.3 is 15.8 Å². The highest BCUT2D eigenvalue weighted by atomic mass is 127. The predicted molar refractivity (Wildman–Crippen MR) is 98.5 cm³/mol. The number of ether oxygens (including phenoxy) is 1. The first-order valence-corrected chi connectivity index (χ1v) is 6.54. The van der Waals surface area contributed by atoms with Crippen molar-refractivity contribution in [1.82, 2.24) is 0 Å². The number of nitrogens with zero attached hydrogens (tertiary/aromatic N) is 1. The predicted octanol–water partition coefficient (Wildman–Crippen LogP) is 3.69. The van der Waals surface area contributed by atoms with Crippen LogP contribution in [0.15, 0.2) is 47.5 Å². The molecule has 0 radical (unpaired) electrons. The van der Waals surface area contributed by atoms with Gasteiger partial charge in [-0.2, -0.15) is 0 Å². The highest BCUT2D eigenvalue weighted by Crippen LogP contribution is 2.18. The molecule has 0 aliphatic carbocycles. The van der Waals surface area contributed by atoms with E-state index in [4.69, 9.17) is 10.5 Å². The van der Waals surface area contributed by atoms with E-state index >= 15 is 0 Å². The van der Waals surface area contributed by atoms with Crippen molar-refractivity contribution in [2.45, 2.75) is 13.5 Å². The minimum atomic E-state index is -0.407. The summed E-state index contributed by atoms with van der Waals surface area (Å²) in [5, 5.41) is 2.99. The van der Waals surface area contributed by atoms with Crippen LogP contribution in [0.5, 0.6) is 5.75 Å². The summed E-state index contributed by atoms with van der Waals surface area (Å²) >= 11 is 0. The lowest BCUT2D eigenvalue weighted by Gasteiger charge is -2.07. The van der Waals surface area contributed by atoms with Gasteiger partial charge in [0, 0.05) is 5.69 Å². The van der Waals surface area contributed by atoms with Crippen molar-refractivity contribution in [2.75, 3.05) is 12.4 Å². The number of aryl methyl sites for hydroxylation is 1. The van der Waals surface area contributed by atoms with E-state index < -0.39 is 5.82 Å². The second-order valence-electron chi connectivity index (χ2n) is 4.66. The number of nitrogens with one attached hydrogen (secondary N) is 1. The zero-order chi connectivity index (χ0) is 15.2. The zero-order valence-electron chi connectivity index (χ0n) is 12.5. The van der Waals surface area contributed by atoms with Gasteiger partial charge in [0.05, 0.1) is 13.7 Å². The SMILES string of the molecule is COc1ccc(CN=C(N)Nc2ccc(C)cc2)cc1F.I. The normalized spacial score (nSPS) is 10.8. The first-order chi connectivity index (χ1) is 10.1. The molecule has 2 aromatic carbocycles. The number of rotatable bonds is 4. The van der Waals surface area contributed by atoms with Crippen molar-refractivity contribution in [3.05, 3.63) is 59.4 Å². The lowest BCUT2D eigenvalue weighted by atomic mass is 10.2. The van der Waals surface area contributed by atoms with E-state index in [1.807, 2.05) is 31.2 Å². The third-order valence-corrected chi connectivity index (χ3v) is 2.97. The van der Waals surface area contributed by atoms with Gasteiger partial charge in [0.2, 0.25) is 0 Å². The Kier molecular flexibility index (Phi) is 7.10. The van der Waals surface area contributed by atoms with Crippen LogP contribution in [0.25, 0.3) is 0 Å². The molecule has 0 fully saturated rings. The maximum atomic E-state index is 13.5. The van der Waals surface area contributed by atoms with Gasteiger partial charge in [-0.1, -0.05) is 23.8 Å². The molecule has 118 valence electrons. The summed E-state index contributed by atoms with van der Waals surface area (Å²) in [6.45, 7) is 2.31. The molecule has 0 saturated carbocycles. The van der Waals surface area contributed by atoms with Gasteiger partial charge in [-0.05, 0) is 36.8 Å². The van der Waals surface area contributed by atoms with E-state index in [0.29, 0.717) is 6.54 Å². The smallest absolute Gasteiger partial charge is 0.193 e. The third kappa shape index (κ3) is 5.18. The van der Waals surface area contributed by atoms with Gasteiger partial charge in [0.25, 0.3) is 0 Å². The van der Waals surface area contributed by atoms with Crippen LogP contribution in [0.3, 0.4) is 0 Å². The summed E-state index contributed by atoms with van der Waals surface area (Å²) in [6.07, 6.45) is 0. The maximum absolute atomic E-state index is 13.5. The van der Waals surface area contributed by atoms with Crippen molar-refractivity contribution in [3.63, 3.8) is 0 Å². The van der Waals surface area contributed by atoms with E-state index in [9.17, 15) is 4.39 Å². The van der Waals surface area contributed by atoms with Crippen molar-refractivity contribution >= 4 is 35.6 Å². The highest BCUT2D eigenvalue weighted by molar-refractivity contribution is 14.0. The van der Waals surface area contributed by atoms with Crippen LogP contribution >= 0.6 is 24.0 Å². The number of nitrogens with two attached hydrogens (primary N) is 1. The van der Waals surface area contributed by atoms with Gasteiger partial charge in [0.15, 0.2) is 17.5 Å². The Morgan fingerprint density at radius 3 is 2.50 bits per heavy atom. The second kappa shape index (κ2) is 8.57. The highest BCUT2D eigenvalue weighted by Gasteiger charge is 2.03. The van der Waals surface area contributed by atoms with Crippen molar-refractivity contribution in [2.24, 2.45) is 10.7 Å². The lowest BCUT2D eigenvalue weighted by Crippen LogP contribution is -2.22. The largest absolute Gasteiger partial charge is 0.494 e. The summed E-state index contributed by atoms with van der Waals surface area (Å²) in [4.78, 5) is 4.18. The Morgan fingerprint density at radius 2 is 1.91 bits per heavy atom. The molecule has 0 bridgehead atoms. The number of benzene rings is 2. The van der Waals surface area contributed by atoms with Crippen molar-refractivity contribution in [3.8, 4) is 5.75 Å². The fourth-order valence-corrected chi connectivity index (χ4v) is 1.81. The number of guanidine groups is 1. The molecule has 4 nitrogen and oxygen atoms in total. The van der Waals surface area contributed by atoms with Gasteiger partial charge in [-0.25, -0.2) is 9.38 Å². The summed E-state index contributed by atoms with van der Waals surface area (Å²) in [6, 6.07) is 12.5. The molecule has 22 heavy (non-hydrogen) atoms. The Bertz CT molecular complexity index is 644. The van der Waals surface area contributed by atoms with Gasteiger partial charge >= 0.3 is 0 Å². The van der Waals surface area contributed by atoms with Crippen LogP contribution in [-0.4, -0.2) is 13.1 Å². The Morgan fingerprint density at radius 1 is 1.23 bits per heavy atom. The first kappa shape index (κ1) is 18.2. The summed E-state index contributed by atoms with van der Waals surface area (Å²) in [5.41, 5.74) is 8.56. The molecule has 0 atom stereocenters. The molecule has 2 rings (SSSR count). The van der Waals surface area contributed by atoms with Crippen LogP contribution in [0.1, 0.15) is 11.1 Å². The summed E-state index contributed by atoms with van der Waals surface area (Å²) in [7, 11) is 1.43. The molecular weight excluding hydrogens is 396 g/mol. The minimum absolute atomic E-state index is 0. The van der Waals surface area contributed by atoms with E-state index in [-0.39, 0.29) is 35.7 Å². The monoisotopic (exact) mass is 415 g/mol. The molecule has 2 aromatic rings. The number of anilines is 1. The second-order valence-corrected chi connectivity index (χ2v) is 4.66. The average Bonchev–Trinajstić information content (AvgIpc) is 2.48. The van der Waals surface area contributed by atoms with Crippen LogP contribution < -0.4 is 15.8 Å². The minimum Gasteiger partial charge on any atom is -0.494 e. The molecule has 0 amide bonds. The first-order valence-electron chi connectivity index (χ1n) is 6.54. The van der Waals surface area contributed by atoms with Crippen molar-refractivity contribution in [1.29, 1.82) is 0 Å². The molecular formula is C16H19FIN3O. The number of aliphatic imine (C=N–C) groups is 1. The quantitative estimate of drug-likeness (QED) is 0.455. The third-order valence-electron chi connectivity index (χ3n) is 2.97. The molecule has 0 heterocycles. The number of methoxy groups -OCH3 is 1. The van der Waals surface area contributed by atoms with Crippen LogP contribution in [0.4, 0.5) is 10.1 Å². The van der Waals surface area contributed by atoms with Gasteiger partial charge in [-0.3, -0.25) is 0 Å². The van der Waals surface area contributed by atoms with Crippen LogP contribution in [0, 0.1) is 12.7 Å². The Hall–Kier alpha value is -1.83. The number of hydrogen-bond acceptors (Lipinski definition) is 2. The van der Waals surface area contributed by atoms with E-state index in [0.717, 1.165) is 11.3 Å². The fraction of sp³-hybridized carbons (Fsp3) is 0.188. The fourth-order valence-electron chi connectivity index (χ4n) is 1.81. The molecule has 0 aromatic heterocycles. The number of halogens is 2. The van der Waals surface area contributed by atoms with Crippen LogP contribution in [-0.2, 0) is 6.54 Å². The van der Waals surface area contributed by atoms with E-state index in [1.165, 1.54) is 18.7 Å². The molecule has 6 heteroatoms. The van der Waals surface area contributed by atoms with Crippen molar-refractivity contribution < 1.29 is 9.13 Å². The summed E-state index contributed by atoms with van der Waals surface area (Å²) < 4.78 is 18.4. The zero-order valence-corrected chi connectivity index (χ0v) is 14.8. The maximum Gasteiger partial charge on any atom is 0.193 e. The number of hydrogen-bond donors (Lipinski definition) is 2. The van der Waals surface area contributed by atoms with Gasteiger partial charge in [-0.15, -0.1) is 24.0 Å². The van der Waals surface area contributed by atoms with E-state index in [1.54, 1.807) is 12.1 Å². The van der Waals surface area contributed by atoms with E-state index in [2.05, 4.69) is 10.3 Å². The summed E-state index contributed by atoms with van der Waals surface area (Å²) in [5.74, 6) is 0.0961. The standard InChI is InChI=1S/C16H18FN3O.HI/c1-11-3-6-13(7-4-11)20-16(18)19-10-12-5-8-15(21-2)14(17)9-12;/h3-9H,10H2,1-2H3,(H3,18,19,20);1H. The average molecular weight is 415 g/mol. The Balaban J connectivity index is 0.00000242. The molecule has 0 aliphatic heterocycles. The van der Waals surface area contributed by atoms with Crippen LogP contribution in [0.2, 0.25) is 0 Å². The topological polar surface area (TPSA) is 59.6 Å². The van der Waals surface area contributed by atoms with Gasteiger partial charge in [0.1, 0.15) is 0 Å².